The summed E-state index contributed by atoms with van der Waals surface area (Å²) in [5, 5.41) is 19.4. The van der Waals surface area contributed by atoms with Crippen molar-refractivity contribution >= 4 is 5.69 Å². The maximum absolute atomic E-state index is 13.2. The van der Waals surface area contributed by atoms with Crippen molar-refractivity contribution in [3.05, 3.63) is 63.5 Å². The van der Waals surface area contributed by atoms with Crippen molar-refractivity contribution in [1.82, 2.24) is 0 Å². The predicted octanol–water partition coefficient (Wildman–Crippen LogP) is 3.71. The number of hydrogen-bond donors (Lipinski definition) is 0. The molecule has 0 atom stereocenters. The van der Waals surface area contributed by atoms with Gasteiger partial charge in [-0.15, -0.1) is 0 Å². The third kappa shape index (κ3) is 2.90. The Morgan fingerprint density at radius 3 is 2.60 bits per heavy atom. The summed E-state index contributed by atoms with van der Waals surface area (Å²) in [7, 11) is 0. The highest BCUT2D eigenvalue weighted by molar-refractivity contribution is 5.46. The highest BCUT2D eigenvalue weighted by Crippen LogP contribution is 2.28. The molecule has 0 amide bonds. The zero-order chi connectivity index (χ0) is 14.7. The molecule has 0 fully saturated rings. The number of halogens is 1. The Kier molecular flexibility index (Phi) is 3.62. The molecule has 2 rings (SSSR count). The molecule has 0 radical (unpaired) electrons. The van der Waals surface area contributed by atoms with Crippen LogP contribution in [0.15, 0.2) is 36.4 Å². The number of hydrogen-bond acceptors (Lipinski definition) is 4. The Bertz CT molecular complexity index is 723. The molecule has 0 aliphatic rings. The summed E-state index contributed by atoms with van der Waals surface area (Å²) in [6.07, 6.45) is 0. The van der Waals surface area contributed by atoms with E-state index in [1.807, 2.05) is 6.07 Å². The molecular weight excluding hydrogens is 263 g/mol. The molecular formula is C14H9FN2O3. The molecule has 0 bridgehead atoms. The third-order valence-electron chi connectivity index (χ3n) is 2.60. The molecule has 0 saturated heterocycles. The minimum Gasteiger partial charge on any atom is -0.457 e. The van der Waals surface area contributed by atoms with E-state index >= 15 is 0 Å². The Balaban J connectivity index is 2.31. The standard InChI is InChI=1S/C14H9FN2O3/c1-9-4-12(2-3-14(9)17(18)19)20-13-6-10(8-16)5-11(15)7-13/h2-7H,1H3. The first-order valence-electron chi connectivity index (χ1n) is 5.63. The van der Waals surface area contributed by atoms with Gasteiger partial charge in [-0.3, -0.25) is 10.1 Å². The zero-order valence-electron chi connectivity index (χ0n) is 10.5. The van der Waals surface area contributed by atoms with E-state index in [2.05, 4.69) is 0 Å². The van der Waals surface area contributed by atoms with Crippen LogP contribution in [0.25, 0.3) is 0 Å². The molecule has 5 nitrogen and oxygen atoms in total. The number of nitriles is 1. The largest absolute Gasteiger partial charge is 0.457 e. The van der Waals surface area contributed by atoms with Gasteiger partial charge in [-0.2, -0.15) is 5.26 Å². The lowest BCUT2D eigenvalue weighted by atomic mass is 10.2. The van der Waals surface area contributed by atoms with E-state index in [-0.39, 0.29) is 17.0 Å². The van der Waals surface area contributed by atoms with E-state index in [0.717, 1.165) is 12.1 Å². The summed E-state index contributed by atoms with van der Waals surface area (Å²) in [4.78, 5) is 10.2. The van der Waals surface area contributed by atoms with Crippen LogP contribution >= 0.6 is 0 Å². The van der Waals surface area contributed by atoms with E-state index in [1.165, 1.54) is 24.3 Å². The summed E-state index contributed by atoms with van der Waals surface area (Å²) in [6, 6.07) is 9.65. The normalized spacial score (nSPS) is 9.85. The van der Waals surface area contributed by atoms with E-state index < -0.39 is 10.7 Å². The molecule has 0 heterocycles. The number of aryl methyl sites for hydroxylation is 1. The van der Waals surface area contributed by atoms with Crippen LogP contribution in [0.1, 0.15) is 11.1 Å². The summed E-state index contributed by atoms with van der Waals surface area (Å²) >= 11 is 0. The van der Waals surface area contributed by atoms with Gasteiger partial charge in [0.25, 0.3) is 5.69 Å². The lowest BCUT2D eigenvalue weighted by molar-refractivity contribution is -0.385. The number of benzene rings is 2. The number of rotatable bonds is 3. The summed E-state index contributed by atoms with van der Waals surface area (Å²) in [6.45, 7) is 1.58. The molecule has 0 unspecified atom stereocenters. The summed E-state index contributed by atoms with van der Waals surface area (Å²) in [5.41, 5.74) is 0.553. The molecule has 0 saturated carbocycles. The van der Waals surface area contributed by atoms with Gasteiger partial charge in [-0.1, -0.05) is 0 Å². The minimum atomic E-state index is -0.585. The molecule has 2 aromatic carbocycles. The van der Waals surface area contributed by atoms with Crippen LogP contribution < -0.4 is 4.74 Å². The molecule has 0 spiro atoms. The van der Waals surface area contributed by atoms with Crippen molar-refractivity contribution < 1.29 is 14.1 Å². The second-order valence-corrected chi connectivity index (χ2v) is 4.09. The van der Waals surface area contributed by atoms with Crippen molar-refractivity contribution in [3.63, 3.8) is 0 Å². The smallest absolute Gasteiger partial charge is 0.272 e. The summed E-state index contributed by atoms with van der Waals surface area (Å²) in [5.74, 6) is -0.0879. The van der Waals surface area contributed by atoms with Crippen molar-refractivity contribution in [1.29, 1.82) is 5.26 Å². The quantitative estimate of drug-likeness (QED) is 0.630. The van der Waals surface area contributed by atoms with Gasteiger partial charge >= 0.3 is 0 Å². The number of ether oxygens (including phenoxy) is 1. The topological polar surface area (TPSA) is 76.2 Å². The Morgan fingerprint density at radius 1 is 1.25 bits per heavy atom. The van der Waals surface area contributed by atoms with Gasteiger partial charge in [0, 0.05) is 17.7 Å². The number of nitrogens with zero attached hydrogens (tertiary/aromatic N) is 2. The Hall–Kier alpha value is -2.94. The van der Waals surface area contributed by atoms with Crippen LogP contribution in [-0.4, -0.2) is 4.92 Å². The second-order valence-electron chi connectivity index (χ2n) is 4.09. The zero-order valence-corrected chi connectivity index (χ0v) is 10.5. The first-order chi connectivity index (χ1) is 9.49. The van der Waals surface area contributed by atoms with E-state index in [1.54, 1.807) is 6.92 Å². The Labute approximate surface area is 114 Å². The molecule has 0 aliphatic heterocycles. The molecule has 2 aromatic rings. The van der Waals surface area contributed by atoms with Gasteiger partial charge in [-0.25, -0.2) is 4.39 Å². The van der Waals surface area contributed by atoms with Gasteiger partial charge in [0.2, 0.25) is 0 Å². The van der Waals surface area contributed by atoms with E-state index in [9.17, 15) is 14.5 Å². The maximum Gasteiger partial charge on any atom is 0.272 e. The van der Waals surface area contributed by atoms with Gasteiger partial charge in [0.15, 0.2) is 0 Å². The maximum atomic E-state index is 13.2. The van der Waals surface area contributed by atoms with Crippen LogP contribution in [0, 0.1) is 34.2 Å². The van der Waals surface area contributed by atoms with Crippen molar-refractivity contribution in [2.45, 2.75) is 6.92 Å². The van der Waals surface area contributed by atoms with Gasteiger partial charge in [-0.05, 0) is 31.2 Å². The lowest BCUT2D eigenvalue weighted by Crippen LogP contribution is -1.93. The molecule has 6 heteroatoms. The fourth-order valence-corrected chi connectivity index (χ4v) is 1.72. The van der Waals surface area contributed by atoms with E-state index in [0.29, 0.717) is 11.3 Å². The molecule has 20 heavy (non-hydrogen) atoms. The average Bonchev–Trinajstić information content (AvgIpc) is 2.37. The molecule has 0 aromatic heterocycles. The van der Waals surface area contributed by atoms with Crippen molar-refractivity contribution in [2.24, 2.45) is 0 Å². The van der Waals surface area contributed by atoms with Crippen LogP contribution in [0.5, 0.6) is 11.5 Å². The minimum absolute atomic E-state index is 0.0192. The molecule has 100 valence electrons. The SMILES string of the molecule is Cc1cc(Oc2cc(F)cc(C#N)c2)ccc1[N+](=O)[O-]. The van der Waals surface area contributed by atoms with Crippen LogP contribution in [0.2, 0.25) is 0 Å². The monoisotopic (exact) mass is 272 g/mol. The van der Waals surface area contributed by atoms with Crippen LogP contribution in [-0.2, 0) is 0 Å². The predicted molar refractivity (Wildman–Crippen MR) is 69.0 cm³/mol. The lowest BCUT2D eigenvalue weighted by Gasteiger charge is -2.07. The highest BCUT2D eigenvalue weighted by Gasteiger charge is 2.11. The number of nitro groups is 1. The first kappa shape index (κ1) is 13.5. The second kappa shape index (κ2) is 5.36. The highest BCUT2D eigenvalue weighted by atomic mass is 19.1. The van der Waals surface area contributed by atoms with Crippen LogP contribution in [0.3, 0.4) is 0 Å². The average molecular weight is 272 g/mol. The van der Waals surface area contributed by atoms with E-state index in [4.69, 9.17) is 10.00 Å². The Morgan fingerprint density at radius 2 is 2.00 bits per heavy atom. The molecule has 0 aliphatic carbocycles. The van der Waals surface area contributed by atoms with Crippen molar-refractivity contribution in [2.75, 3.05) is 0 Å². The number of nitro benzene ring substituents is 1. The fourth-order valence-electron chi connectivity index (χ4n) is 1.72. The fraction of sp³-hybridized carbons (Fsp3) is 0.0714. The first-order valence-corrected chi connectivity index (χ1v) is 5.63. The third-order valence-corrected chi connectivity index (χ3v) is 2.60. The molecule has 0 N–H and O–H groups in total. The van der Waals surface area contributed by atoms with Gasteiger partial charge in [0.05, 0.1) is 16.6 Å². The summed E-state index contributed by atoms with van der Waals surface area (Å²) < 4.78 is 18.6. The van der Waals surface area contributed by atoms with Gasteiger partial charge < -0.3 is 4.74 Å². The van der Waals surface area contributed by atoms with Gasteiger partial charge in [0.1, 0.15) is 17.3 Å². The van der Waals surface area contributed by atoms with Crippen molar-refractivity contribution in [3.8, 4) is 17.6 Å². The van der Waals surface area contributed by atoms with Crippen LogP contribution in [0.4, 0.5) is 10.1 Å².